The number of piperidine rings is 1. The fraction of sp³-hybridized carbons (Fsp3) is 0.310. The Morgan fingerprint density at radius 3 is 2.77 bits per heavy atom. The van der Waals surface area contributed by atoms with Gasteiger partial charge in [-0.05, 0) is 69.3 Å². The number of aromatic nitrogens is 4. The molecule has 1 aliphatic heterocycles. The Labute approximate surface area is 232 Å². The van der Waals surface area contributed by atoms with Gasteiger partial charge in [0.25, 0.3) is 0 Å². The molecule has 0 unspecified atom stereocenters. The predicted molar refractivity (Wildman–Crippen MR) is 156 cm³/mol. The van der Waals surface area contributed by atoms with Gasteiger partial charge in [-0.2, -0.15) is 10.1 Å². The van der Waals surface area contributed by atoms with Crippen molar-refractivity contribution >= 4 is 45.7 Å². The van der Waals surface area contributed by atoms with Crippen LogP contribution in [-0.4, -0.2) is 69.7 Å². The number of fused-ring (bicyclic) bond motifs is 1. The van der Waals surface area contributed by atoms with Crippen molar-refractivity contribution in [2.24, 2.45) is 0 Å². The Balaban J connectivity index is 1.44. The largest absolute Gasteiger partial charge is 0.506 e. The predicted octanol–water partition coefficient (Wildman–Crippen LogP) is 5.34. The first-order valence-electron chi connectivity index (χ1n) is 13.1. The summed E-state index contributed by atoms with van der Waals surface area (Å²) in [5.41, 5.74) is 4.25. The zero-order valence-electron chi connectivity index (χ0n) is 22.1. The third-order valence-corrected chi connectivity index (χ3v) is 6.92. The quantitative estimate of drug-likeness (QED) is 0.191. The number of ketones is 1. The molecule has 0 radical (unpaired) electrons. The number of phenolic OH excluding ortho intramolecular Hbond substituents is 1. The summed E-state index contributed by atoms with van der Waals surface area (Å²) < 4.78 is 0. The lowest BCUT2D eigenvalue weighted by Gasteiger charge is -2.29. The van der Waals surface area contributed by atoms with E-state index in [1.165, 1.54) is 6.42 Å². The van der Waals surface area contributed by atoms with E-state index in [4.69, 9.17) is 16.6 Å². The zero-order chi connectivity index (χ0) is 27.4. The molecule has 0 bridgehead atoms. The lowest BCUT2D eigenvalue weighted by molar-refractivity contribution is -0.114. The molecular formula is C29H32ClN7O2. The van der Waals surface area contributed by atoms with Gasteiger partial charge < -0.3 is 20.2 Å². The zero-order valence-corrected chi connectivity index (χ0v) is 22.9. The number of carbonyl (C=O) groups excluding carboxylic acids is 1. The van der Waals surface area contributed by atoms with Gasteiger partial charge in [0, 0.05) is 37.3 Å². The van der Waals surface area contributed by atoms with Crippen LogP contribution in [0.4, 0.5) is 17.3 Å². The van der Waals surface area contributed by atoms with Gasteiger partial charge in [-0.1, -0.05) is 35.9 Å². The Kier molecular flexibility index (Phi) is 8.09. The van der Waals surface area contributed by atoms with Crippen molar-refractivity contribution in [2.45, 2.75) is 25.7 Å². The molecule has 2 aromatic carbocycles. The van der Waals surface area contributed by atoms with Crippen LogP contribution >= 0.6 is 11.6 Å². The maximum absolute atomic E-state index is 12.5. The summed E-state index contributed by atoms with van der Waals surface area (Å²) >= 11 is 6.45. The van der Waals surface area contributed by atoms with Crippen molar-refractivity contribution < 1.29 is 9.90 Å². The Hall–Kier alpha value is -3.95. The minimum absolute atomic E-state index is 0.0300. The molecule has 39 heavy (non-hydrogen) atoms. The number of aromatic hydroxyl groups is 1. The number of benzene rings is 2. The van der Waals surface area contributed by atoms with E-state index in [1.54, 1.807) is 18.2 Å². The second kappa shape index (κ2) is 11.8. The van der Waals surface area contributed by atoms with Crippen LogP contribution in [0.2, 0.25) is 5.15 Å². The second-order valence-electron chi connectivity index (χ2n) is 10.0. The van der Waals surface area contributed by atoms with E-state index in [9.17, 15) is 9.90 Å². The van der Waals surface area contributed by atoms with Crippen LogP contribution in [0.5, 0.6) is 5.75 Å². The average Bonchev–Trinajstić information content (AvgIpc) is 3.30. The van der Waals surface area contributed by atoms with Gasteiger partial charge in [0.05, 0.1) is 16.8 Å². The van der Waals surface area contributed by atoms with Crippen molar-refractivity contribution in [3.05, 3.63) is 65.3 Å². The van der Waals surface area contributed by atoms with Gasteiger partial charge in [0.2, 0.25) is 5.95 Å². The molecule has 5 rings (SSSR count). The molecule has 0 amide bonds. The molecule has 1 aliphatic rings. The monoisotopic (exact) mass is 545 g/mol. The smallest absolute Gasteiger partial charge is 0.229 e. The molecule has 0 spiro atoms. The molecule has 10 heteroatoms. The number of allylic oxidation sites excluding steroid dienone is 1. The van der Waals surface area contributed by atoms with Gasteiger partial charge in [-0.3, -0.25) is 9.89 Å². The van der Waals surface area contributed by atoms with Gasteiger partial charge in [0.1, 0.15) is 10.9 Å². The molecule has 4 aromatic rings. The Bertz CT molecular complexity index is 1510. The van der Waals surface area contributed by atoms with Crippen molar-refractivity contribution in [2.75, 3.05) is 43.9 Å². The molecule has 2 aromatic heterocycles. The normalized spacial score (nSPS) is 14.0. The molecule has 0 saturated carbocycles. The van der Waals surface area contributed by atoms with Crippen LogP contribution in [0.25, 0.3) is 22.3 Å². The second-order valence-corrected chi connectivity index (χ2v) is 10.4. The lowest BCUT2D eigenvalue weighted by Crippen LogP contribution is -2.29. The van der Waals surface area contributed by atoms with Crippen molar-refractivity contribution in [1.82, 2.24) is 25.1 Å². The lowest BCUT2D eigenvalue weighted by atomic mass is 10.0. The summed E-state index contributed by atoms with van der Waals surface area (Å²) in [7, 11) is 3.92. The summed E-state index contributed by atoms with van der Waals surface area (Å²) in [5.74, 6) is 0.632. The number of H-pyrrole nitrogens is 1. The standard InChI is InChI=1S/C29H32ClN7O2/c1-36(2)13-7-10-22(38)17-19-8-6-9-20(16-19)26-25-27(30)34-35-28(25)33-29(32-26)31-21-11-12-24(39)23(18-21)37-14-4-3-5-15-37/h6-12,16,18,39H,3-5,13-15,17H2,1-2H3,(H2,31,32,33,34,35)/b10-7+. The van der Waals surface area contributed by atoms with Crippen molar-refractivity contribution in [3.63, 3.8) is 0 Å². The molecule has 3 N–H and O–H groups in total. The Morgan fingerprint density at radius 2 is 1.97 bits per heavy atom. The van der Waals surface area contributed by atoms with Crippen LogP contribution in [0.15, 0.2) is 54.6 Å². The van der Waals surface area contributed by atoms with E-state index in [-0.39, 0.29) is 18.0 Å². The van der Waals surface area contributed by atoms with Crippen LogP contribution in [0, 0.1) is 0 Å². The first kappa shape index (κ1) is 26.6. The summed E-state index contributed by atoms with van der Waals surface area (Å²) in [6, 6.07) is 13.1. The van der Waals surface area contributed by atoms with Gasteiger partial charge in [0.15, 0.2) is 11.4 Å². The fourth-order valence-electron chi connectivity index (χ4n) is 4.76. The van der Waals surface area contributed by atoms with E-state index >= 15 is 0 Å². The SMILES string of the molecule is CN(C)C/C=C/C(=O)Cc1cccc(-c2nc(Nc3ccc(O)c(N4CCCCC4)c3)nc3n[nH]c(Cl)c23)c1. The fourth-order valence-corrected chi connectivity index (χ4v) is 4.97. The number of nitrogens with zero attached hydrogens (tertiary/aromatic N) is 5. The number of halogens is 1. The molecule has 1 saturated heterocycles. The number of hydrogen-bond acceptors (Lipinski definition) is 8. The van der Waals surface area contributed by atoms with Gasteiger partial charge in [-0.25, -0.2) is 4.98 Å². The maximum Gasteiger partial charge on any atom is 0.229 e. The van der Waals surface area contributed by atoms with Crippen LogP contribution in [-0.2, 0) is 11.2 Å². The highest BCUT2D eigenvalue weighted by molar-refractivity contribution is 6.35. The molecular weight excluding hydrogens is 514 g/mol. The summed E-state index contributed by atoms with van der Waals surface area (Å²) in [5, 5.41) is 21.8. The number of phenols is 1. The van der Waals surface area contributed by atoms with Crippen molar-refractivity contribution in [1.29, 1.82) is 0 Å². The summed E-state index contributed by atoms with van der Waals surface area (Å²) in [6.07, 6.45) is 7.20. The Morgan fingerprint density at radius 1 is 1.15 bits per heavy atom. The first-order valence-corrected chi connectivity index (χ1v) is 13.4. The van der Waals surface area contributed by atoms with Gasteiger partial charge >= 0.3 is 0 Å². The maximum atomic E-state index is 12.5. The van der Waals surface area contributed by atoms with E-state index in [0.717, 1.165) is 48.4 Å². The minimum Gasteiger partial charge on any atom is -0.506 e. The summed E-state index contributed by atoms with van der Waals surface area (Å²) in [6.45, 7) is 2.54. The molecule has 9 nitrogen and oxygen atoms in total. The first-order chi connectivity index (χ1) is 18.9. The number of nitrogens with one attached hydrogen (secondary N) is 2. The average molecular weight is 546 g/mol. The van der Waals surface area contributed by atoms with E-state index in [1.807, 2.05) is 55.4 Å². The summed E-state index contributed by atoms with van der Waals surface area (Å²) in [4.78, 5) is 26.1. The van der Waals surface area contributed by atoms with Gasteiger partial charge in [-0.15, -0.1) is 0 Å². The van der Waals surface area contributed by atoms with E-state index in [2.05, 4.69) is 25.4 Å². The highest BCUT2D eigenvalue weighted by Crippen LogP contribution is 2.35. The molecule has 0 atom stereocenters. The highest BCUT2D eigenvalue weighted by Gasteiger charge is 2.18. The van der Waals surface area contributed by atoms with Crippen molar-refractivity contribution in [3.8, 4) is 17.0 Å². The van der Waals surface area contributed by atoms with Crippen LogP contribution in [0.3, 0.4) is 0 Å². The van der Waals surface area contributed by atoms with Crippen LogP contribution < -0.4 is 10.2 Å². The molecule has 3 heterocycles. The highest BCUT2D eigenvalue weighted by atomic mass is 35.5. The van der Waals surface area contributed by atoms with E-state index in [0.29, 0.717) is 34.4 Å². The number of carbonyl (C=O) groups is 1. The number of aromatic amines is 1. The number of likely N-dealkylation sites (N-methyl/N-ethyl adjacent to an activating group) is 1. The number of hydrogen-bond donors (Lipinski definition) is 3. The third-order valence-electron chi connectivity index (χ3n) is 6.65. The minimum atomic E-state index is 0.0300. The number of rotatable bonds is 9. The molecule has 0 aliphatic carbocycles. The number of anilines is 3. The topological polar surface area (TPSA) is 110 Å². The van der Waals surface area contributed by atoms with E-state index < -0.39 is 0 Å². The molecule has 202 valence electrons. The third kappa shape index (κ3) is 6.38. The molecule has 1 fully saturated rings. The van der Waals surface area contributed by atoms with Crippen LogP contribution in [0.1, 0.15) is 24.8 Å².